The fourth-order valence-corrected chi connectivity index (χ4v) is 1.48. The van der Waals surface area contributed by atoms with E-state index in [-0.39, 0.29) is 0 Å². The van der Waals surface area contributed by atoms with Crippen molar-refractivity contribution >= 4 is 11.7 Å². The van der Waals surface area contributed by atoms with Gasteiger partial charge in [0.2, 0.25) is 0 Å². The number of nitrogens with zero attached hydrogens (tertiary/aromatic N) is 1. The average molecular weight is 208 g/mol. The number of aromatic nitrogens is 1. The lowest BCUT2D eigenvalue weighted by Gasteiger charge is -2.26. The Morgan fingerprint density at radius 3 is 2.60 bits per heavy atom. The van der Waals surface area contributed by atoms with Crippen molar-refractivity contribution < 1.29 is 9.90 Å². The van der Waals surface area contributed by atoms with Crippen LogP contribution in [0.3, 0.4) is 0 Å². The molecule has 1 atom stereocenters. The molecule has 0 saturated heterocycles. The highest BCUT2D eigenvalue weighted by Crippen LogP contribution is 2.19. The van der Waals surface area contributed by atoms with Crippen molar-refractivity contribution in [1.29, 1.82) is 0 Å². The Hall–Kier alpha value is -1.58. The Bertz CT molecular complexity index is 327. The predicted molar refractivity (Wildman–Crippen MR) is 58.8 cm³/mol. The monoisotopic (exact) mass is 208 g/mol. The maximum Gasteiger partial charge on any atom is 0.329 e. The number of nitrogens with one attached hydrogen (secondary N) is 1. The molecule has 1 heterocycles. The third kappa shape index (κ3) is 2.94. The summed E-state index contributed by atoms with van der Waals surface area (Å²) in [4.78, 5) is 15.0. The molecule has 4 nitrogen and oxygen atoms in total. The number of hydrogen-bond acceptors (Lipinski definition) is 3. The SMILES string of the molecule is CCCC(C)(Nc1ccncc1)C(=O)O. The minimum atomic E-state index is -0.907. The summed E-state index contributed by atoms with van der Waals surface area (Å²) in [5, 5.41) is 12.2. The van der Waals surface area contributed by atoms with Crippen LogP contribution in [0.15, 0.2) is 24.5 Å². The van der Waals surface area contributed by atoms with Crippen LogP contribution < -0.4 is 5.32 Å². The topological polar surface area (TPSA) is 62.2 Å². The molecule has 0 aliphatic heterocycles. The first-order valence-electron chi connectivity index (χ1n) is 5.00. The van der Waals surface area contributed by atoms with E-state index in [0.717, 1.165) is 12.1 Å². The minimum absolute atomic E-state index is 0.588. The Morgan fingerprint density at radius 2 is 2.13 bits per heavy atom. The highest BCUT2D eigenvalue weighted by Gasteiger charge is 2.31. The quantitative estimate of drug-likeness (QED) is 0.778. The fourth-order valence-electron chi connectivity index (χ4n) is 1.48. The molecule has 15 heavy (non-hydrogen) atoms. The van der Waals surface area contributed by atoms with Gasteiger partial charge in [-0.1, -0.05) is 13.3 Å². The van der Waals surface area contributed by atoms with Crippen LogP contribution in [0.2, 0.25) is 0 Å². The van der Waals surface area contributed by atoms with E-state index in [4.69, 9.17) is 5.11 Å². The van der Waals surface area contributed by atoms with Crippen LogP contribution >= 0.6 is 0 Å². The van der Waals surface area contributed by atoms with Gasteiger partial charge in [-0.15, -0.1) is 0 Å². The van der Waals surface area contributed by atoms with E-state index < -0.39 is 11.5 Å². The molecule has 0 aromatic carbocycles. The van der Waals surface area contributed by atoms with Crippen LogP contribution in [0.4, 0.5) is 5.69 Å². The van der Waals surface area contributed by atoms with Crippen LogP contribution in [0.5, 0.6) is 0 Å². The van der Waals surface area contributed by atoms with E-state index in [1.807, 2.05) is 6.92 Å². The molecule has 0 fully saturated rings. The summed E-state index contributed by atoms with van der Waals surface area (Å²) in [6.45, 7) is 3.66. The molecule has 0 bridgehead atoms. The lowest BCUT2D eigenvalue weighted by atomic mass is 9.96. The van der Waals surface area contributed by atoms with Crippen LogP contribution in [0.1, 0.15) is 26.7 Å². The molecular weight excluding hydrogens is 192 g/mol. The van der Waals surface area contributed by atoms with Crippen LogP contribution in [0.25, 0.3) is 0 Å². The van der Waals surface area contributed by atoms with E-state index >= 15 is 0 Å². The second kappa shape index (κ2) is 4.77. The van der Waals surface area contributed by atoms with E-state index in [2.05, 4.69) is 10.3 Å². The molecular formula is C11H16N2O2. The smallest absolute Gasteiger partial charge is 0.329 e. The maximum absolute atomic E-state index is 11.1. The van der Waals surface area contributed by atoms with E-state index in [1.54, 1.807) is 31.5 Å². The average Bonchev–Trinajstić information content (AvgIpc) is 2.19. The first-order chi connectivity index (χ1) is 7.08. The Labute approximate surface area is 89.3 Å². The number of carbonyl (C=O) groups is 1. The lowest BCUT2D eigenvalue weighted by Crippen LogP contribution is -2.43. The number of carboxylic acid groups (broad SMARTS) is 1. The van der Waals surface area contributed by atoms with Crippen LogP contribution in [0, 0.1) is 0 Å². The standard InChI is InChI=1S/C11H16N2O2/c1-3-6-11(2,10(14)15)13-9-4-7-12-8-5-9/h4-5,7-8H,3,6H2,1-2H3,(H,12,13)(H,14,15). The van der Waals surface area contributed by atoms with Gasteiger partial charge in [-0.05, 0) is 25.5 Å². The predicted octanol–water partition coefficient (Wildman–Crippen LogP) is 2.14. The maximum atomic E-state index is 11.1. The number of aliphatic carboxylic acids is 1. The highest BCUT2D eigenvalue weighted by atomic mass is 16.4. The molecule has 82 valence electrons. The summed E-state index contributed by atoms with van der Waals surface area (Å²) < 4.78 is 0. The molecule has 0 aliphatic carbocycles. The fraction of sp³-hybridized carbons (Fsp3) is 0.455. The van der Waals surface area contributed by atoms with Gasteiger partial charge in [0.25, 0.3) is 0 Å². The summed E-state index contributed by atoms with van der Waals surface area (Å²) in [5.41, 5.74) is -0.126. The number of anilines is 1. The van der Waals surface area contributed by atoms with Gasteiger partial charge in [-0.25, -0.2) is 4.79 Å². The molecule has 1 rings (SSSR count). The second-order valence-corrected chi connectivity index (χ2v) is 3.75. The number of carboxylic acids is 1. The molecule has 1 aromatic rings. The summed E-state index contributed by atoms with van der Waals surface area (Å²) in [6, 6.07) is 3.52. The molecule has 1 unspecified atom stereocenters. The van der Waals surface area contributed by atoms with Crippen molar-refractivity contribution in [1.82, 2.24) is 4.98 Å². The molecule has 0 aliphatic rings. The second-order valence-electron chi connectivity index (χ2n) is 3.75. The summed E-state index contributed by atoms with van der Waals surface area (Å²) >= 11 is 0. The zero-order valence-corrected chi connectivity index (χ0v) is 9.03. The zero-order chi connectivity index (χ0) is 11.3. The van der Waals surface area contributed by atoms with E-state index in [1.165, 1.54) is 0 Å². The summed E-state index contributed by atoms with van der Waals surface area (Å²) in [6.07, 6.45) is 4.68. The number of pyridine rings is 1. The normalized spacial score (nSPS) is 14.3. The Morgan fingerprint density at radius 1 is 1.53 bits per heavy atom. The van der Waals surface area contributed by atoms with Crippen molar-refractivity contribution in [2.75, 3.05) is 5.32 Å². The minimum Gasteiger partial charge on any atom is -0.480 e. The first-order valence-corrected chi connectivity index (χ1v) is 5.00. The third-order valence-electron chi connectivity index (χ3n) is 2.32. The van der Waals surface area contributed by atoms with Crippen molar-refractivity contribution in [3.05, 3.63) is 24.5 Å². The molecule has 2 N–H and O–H groups in total. The van der Waals surface area contributed by atoms with Crippen molar-refractivity contribution in [3.63, 3.8) is 0 Å². The third-order valence-corrected chi connectivity index (χ3v) is 2.32. The van der Waals surface area contributed by atoms with Gasteiger partial charge >= 0.3 is 5.97 Å². The molecule has 0 spiro atoms. The van der Waals surface area contributed by atoms with Crippen LogP contribution in [-0.2, 0) is 4.79 Å². The molecule has 0 amide bonds. The molecule has 1 aromatic heterocycles. The largest absolute Gasteiger partial charge is 0.480 e. The summed E-state index contributed by atoms with van der Waals surface area (Å²) in [7, 11) is 0. The first kappa shape index (κ1) is 11.5. The van der Waals surface area contributed by atoms with Gasteiger partial charge < -0.3 is 10.4 Å². The van der Waals surface area contributed by atoms with Gasteiger partial charge in [0, 0.05) is 18.1 Å². The molecule has 0 radical (unpaired) electrons. The zero-order valence-electron chi connectivity index (χ0n) is 9.03. The molecule has 0 saturated carbocycles. The van der Waals surface area contributed by atoms with Crippen molar-refractivity contribution in [2.24, 2.45) is 0 Å². The van der Waals surface area contributed by atoms with Crippen molar-refractivity contribution in [3.8, 4) is 0 Å². The van der Waals surface area contributed by atoms with Gasteiger partial charge in [0.05, 0.1) is 0 Å². The highest BCUT2D eigenvalue weighted by molar-refractivity contribution is 5.82. The van der Waals surface area contributed by atoms with Crippen molar-refractivity contribution in [2.45, 2.75) is 32.2 Å². The number of hydrogen-bond donors (Lipinski definition) is 2. The van der Waals surface area contributed by atoms with E-state index in [9.17, 15) is 4.79 Å². The lowest BCUT2D eigenvalue weighted by molar-refractivity contribution is -0.141. The summed E-state index contributed by atoms with van der Waals surface area (Å²) in [5.74, 6) is -0.832. The van der Waals surface area contributed by atoms with Crippen LogP contribution in [-0.4, -0.2) is 21.6 Å². The van der Waals surface area contributed by atoms with Gasteiger partial charge in [0.1, 0.15) is 5.54 Å². The van der Waals surface area contributed by atoms with Gasteiger partial charge in [0.15, 0.2) is 0 Å². The molecule has 4 heteroatoms. The van der Waals surface area contributed by atoms with Gasteiger partial charge in [-0.3, -0.25) is 4.98 Å². The Balaban J connectivity index is 2.80. The van der Waals surface area contributed by atoms with Gasteiger partial charge in [-0.2, -0.15) is 0 Å². The van der Waals surface area contributed by atoms with E-state index in [0.29, 0.717) is 6.42 Å². The number of rotatable bonds is 5. The Kier molecular flexibility index (Phi) is 3.66.